The van der Waals surface area contributed by atoms with Gasteiger partial charge in [0, 0.05) is 30.3 Å². The van der Waals surface area contributed by atoms with Crippen LogP contribution in [0, 0.1) is 16.0 Å². The number of fused-ring (bicyclic) bond motifs is 3. The smallest absolute Gasteiger partial charge is 0.270 e. The number of hydrogen-bond donors (Lipinski definition) is 1. The number of non-ortho nitro benzene ring substituents is 1. The molecule has 0 unspecified atom stereocenters. The predicted molar refractivity (Wildman–Crippen MR) is 90.0 cm³/mol. The summed E-state index contributed by atoms with van der Waals surface area (Å²) in [6, 6.07) is 12.4. The van der Waals surface area contributed by atoms with Gasteiger partial charge in [-0.2, -0.15) is 0 Å². The number of hydrogen-bond acceptors (Lipinski definition) is 5. The molecule has 0 aromatic heterocycles. The van der Waals surface area contributed by atoms with E-state index < -0.39 is 14.8 Å². The van der Waals surface area contributed by atoms with Crippen LogP contribution in [0.4, 0.5) is 11.4 Å². The van der Waals surface area contributed by atoms with Crippen LogP contribution < -0.4 is 5.32 Å². The standard InChI is InChI=1S/C17H16N2O4S/c1-24(22,23)15-9-11(19(20)21)6-7-14(15)18-17-13-8-10-4-2-3-5-12(10)16(13)17/h2-7,9,13,16-18H,8H2,1H3/t13-,16+,17+/m0/s1. The van der Waals surface area contributed by atoms with Gasteiger partial charge in [-0.15, -0.1) is 0 Å². The highest BCUT2D eigenvalue weighted by molar-refractivity contribution is 7.90. The topological polar surface area (TPSA) is 89.3 Å². The molecule has 0 bridgehead atoms. The van der Waals surface area contributed by atoms with Crippen LogP contribution in [-0.4, -0.2) is 25.6 Å². The Bertz CT molecular complexity index is 955. The summed E-state index contributed by atoms with van der Waals surface area (Å²) in [6.45, 7) is 0. The van der Waals surface area contributed by atoms with Gasteiger partial charge in [0.25, 0.3) is 5.69 Å². The molecule has 24 heavy (non-hydrogen) atoms. The number of anilines is 1. The lowest BCUT2D eigenvalue weighted by atomic mass is 10.1. The third-order valence-electron chi connectivity index (χ3n) is 4.94. The van der Waals surface area contributed by atoms with Gasteiger partial charge >= 0.3 is 0 Å². The fraction of sp³-hybridized carbons (Fsp3) is 0.294. The van der Waals surface area contributed by atoms with E-state index in [0.29, 0.717) is 17.5 Å². The Hall–Kier alpha value is -2.41. The molecule has 2 aliphatic rings. The molecule has 1 fully saturated rings. The third kappa shape index (κ3) is 2.36. The summed E-state index contributed by atoms with van der Waals surface area (Å²) in [5, 5.41) is 14.2. The van der Waals surface area contributed by atoms with Crippen LogP contribution in [-0.2, 0) is 16.3 Å². The fourth-order valence-corrected chi connectivity index (χ4v) is 4.64. The quantitative estimate of drug-likeness (QED) is 0.680. The Morgan fingerprint density at radius 3 is 2.67 bits per heavy atom. The predicted octanol–water partition coefficient (Wildman–Crippen LogP) is 2.75. The van der Waals surface area contributed by atoms with Crippen molar-refractivity contribution in [2.45, 2.75) is 23.3 Å². The van der Waals surface area contributed by atoms with Gasteiger partial charge in [0.05, 0.1) is 15.5 Å². The van der Waals surface area contributed by atoms with Crippen molar-refractivity contribution in [2.24, 2.45) is 5.92 Å². The minimum absolute atomic E-state index is 0.0186. The number of benzene rings is 2. The van der Waals surface area contributed by atoms with Crippen molar-refractivity contribution < 1.29 is 13.3 Å². The van der Waals surface area contributed by atoms with Gasteiger partial charge in [-0.05, 0) is 29.5 Å². The van der Waals surface area contributed by atoms with Gasteiger partial charge in [-0.3, -0.25) is 10.1 Å². The number of nitro groups is 1. The lowest BCUT2D eigenvalue weighted by Crippen LogP contribution is -2.13. The molecule has 2 aromatic carbocycles. The van der Waals surface area contributed by atoms with E-state index in [1.807, 2.05) is 12.1 Å². The fourth-order valence-electron chi connectivity index (χ4n) is 3.78. The lowest BCUT2D eigenvalue weighted by molar-refractivity contribution is -0.385. The molecule has 0 heterocycles. The van der Waals surface area contributed by atoms with E-state index in [9.17, 15) is 18.5 Å². The molecule has 6 nitrogen and oxygen atoms in total. The van der Waals surface area contributed by atoms with Crippen molar-refractivity contribution in [3.05, 3.63) is 63.7 Å². The van der Waals surface area contributed by atoms with E-state index in [2.05, 4.69) is 17.4 Å². The molecular formula is C17H16N2O4S. The molecule has 2 aromatic rings. The molecule has 0 radical (unpaired) electrons. The zero-order chi connectivity index (χ0) is 17.1. The highest BCUT2D eigenvalue weighted by Crippen LogP contribution is 2.57. The number of rotatable bonds is 4. The molecule has 0 saturated heterocycles. The third-order valence-corrected chi connectivity index (χ3v) is 6.07. The average molecular weight is 344 g/mol. The van der Waals surface area contributed by atoms with E-state index in [-0.39, 0.29) is 16.6 Å². The van der Waals surface area contributed by atoms with Crippen molar-refractivity contribution in [3.63, 3.8) is 0 Å². The zero-order valence-corrected chi connectivity index (χ0v) is 13.8. The Kier molecular flexibility index (Phi) is 3.18. The summed E-state index contributed by atoms with van der Waals surface area (Å²) in [6.07, 6.45) is 2.06. The first-order chi connectivity index (χ1) is 11.4. The van der Waals surface area contributed by atoms with Crippen LogP contribution in [0.5, 0.6) is 0 Å². The van der Waals surface area contributed by atoms with Gasteiger partial charge in [-0.25, -0.2) is 8.42 Å². The first-order valence-electron chi connectivity index (χ1n) is 7.69. The number of sulfone groups is 1. The van der Waals surface area contributed by atoms with Crippen LogP contribution in [0.25, 0.3) is 0 Å². The van der Waals surface area contributed by atoms with Gasteiger partial charge in [0.1, 0.15) is 0 Å². The van der Waals surface area contributed by atoms with Crippen molar-refractivity contribution in [3.8, 4) is 0 Å². The maximum absolute atomic E-state index is 12.0. The Balaban J connectivity index is 1.64. The molecule has 7 heteroatoms. The van der Waals surface area contributed by atoms with Crippen molar-refractivity contribution in [1.82, 2.24) is 0 Å². The molecule has 1 N–H and O–H groups in total. The van der Waals surface area contributed by atoms with E-state index in [1.165, 1.54) is 23.3 Å². The largest absolute Gasteiger partial charge is 0.380 e. The summed E-state index contributed by atoms with van der Waals surface area (Å²) in [4.78, 5) is 10.3. The Morgan fingerprint density at radius 2 is 1.96 bits per heavy atom. The first kappa shape index (κ1) is 15.1. The summed E-state index contributed by atoms with van der Waals surface area (Å²) < 4.78 is 24.0. The second kappa shape index (κ2) is 5.04. The molecule has 2 aliphatic carbocycles. The monoisotopic (exact) mass is 344 g/mol. The van der Waals surface area contributed by atoms with E-state index in [4.69, 9.17) is 0 Å². The molecule has 0 aliphatic heterocycles. The highest BCUT2D eigenvalue weighted by Gasteiger charge is 2.55. The van der Waals surface area contributed by atoms with Crippen LogP contribution in [0.3, 0.4) is 0 Å². The zero-order valence-electron chi connectivity index (χ0n) is 13.0. The van der Waals surface area contributed by atoms with Crippen LogP contribution >= 0.6 is 0 Å². The molecule has 0 amide bonds. The molecule has 124 valence electrons. The van der Waals surface area contributed by atoms with Crippen LogP contribution in [0.15, 0.2) is 47.4 Å². The van der Waals surface area contributed by atoms with Crippen molar-refractivity contribution in [1.29, 1.82) is 0 Å². The van der Waals surface area contributed by atoms with E-state index >= 15 is 0 Å². The molecular weight excluding hydrogens is 328 g/mol. The summed E-state index contributed by atoms with van der Waals surface area (Å²) in [5.41, 5.74) is 2.91. The van der Waals surface area contributed by atoms with E-state index in [1.54, 1.807) is 0 Å². The molecule has 4 rings (SSSR count). The maximum atomic E-state index is 12.0. The highest BCUT2D eigenvalue weighted by atomic mass is 32.2. The van der Waals surface area contributed by atoms with Crippen molar-refractivity contribution in [2.75, 3.05) is 11.6 Å². The second-order valence-electron chi connectivity index (χ2n) is 6.47. The summed E-state index contributed by atoms with van der Waals surface area (Å²) in [5.74, 6) is 0.855. The number of nitrogens with one attached hydrogen (secondary N) is 1. The first-order valence-corrected chi connectivity index (χ1v) is 9.58. The second-order valence-corrected chi connectivity index (χ2v) is 8.46. The normalized spacial score (nSPS) is 24.1. The van der Waals surface area contributed by atoms with Crippen LogP contribution in [0.2, 0.25) is 0 Å². The minimum Gasteiger partial charge on any atom is -0.380 e. The van der Waals surface area contributed by atoms with Gasteiger partial charge in [0.15, 0.2) is 9.84 Å². The SMILES string of the molecule is CS(=O)(=O)c1cc([N+](=O)[O-])ccc1N[C@@H]1[C@H]2Cc3ccccc3[C@H]21. The van der Waals surface area contributed by atoms with Crippen molar-refractivity contribution >= 4 is 21.2 Å². The number of nitrogens with zero attached hydrogens (tertiary/aromatic N) is 1. The Morgan fingerprint density at radius 1 is 1.21 bits per heavy atom. The minimum atomic E-state index is -3.56. The van der Waals surface area contributed by atoms with Crippen LogP contribution in [0.1, 0.15) is 17.0 Å². The summed E-state index contributed by atoms with van der Waals surface area (Å²) >= 11 is 0. The lowest BCUT2D eigenvalue weighted by Gasteiger charge is -2.13. The van der Waals surface area contributed by atoms with Gasteiger partial charge in [0.2, 0.25) is 0 Å². The van der Waals surface area contributed by atoms with E-state index in [0.717, 1.165) is 18.7 Å². The molecule has 3 atom stereocenters. The van der Waals surface area contributed by atoms with Gasteiger partial charge < -0.3 is 5.32 Å². The number of nitro benzene ring substituents is 1. The average Bonchev–Trinajstić information content (AvgIpc) is 3.03. The maximum Gasteiger partial charge on any atom is 0.270 e. The molecule has 0 spiro atoms. The molecule has 1 saturated carbocycles. The van der Waals surface area contributed by atoms with Gasteiger partial charge in [-0.1, -0.05) is 24.3 Å². The Labute approximate surface area is 139 Å². The summed E-state index contributed by atoms with van der Waals surface area (Å²) in [7, 11) is -3.56.